The van der Waals surface area contributed by atoms with Crippen LogP contribution in [-0.2, 0) is 0 Å². The summed E-state index contributed by atoms with van der Waals surface area (Å²) in [6.07, 6.45) is 0. The van der Waals surface area contributed by atoms with Crippen molar-refractivity contribution in [2.75, 3.05) is 5.32 Å². The summed E-state index contributed by atoms with van der Waals surface area (Å²) in [5.74, 6) is -0.0359. The van der Waals surface area contributed by atoms with Crippen LogP contribution in [0.25, 0.3) is 0 Å². The van der Waals surface area contributed by atoms with Crippen molar-refractivity contribution in [1.82, 2.24) is 0 Å². The molecule has 0 saturated heterocycles. The highest BCUT2D eigenvalue weighted by Crippen LogP contribution is 2.05. The van der Waals surface area contributed by atoms with Crippen LogP contribution in [0.15, 0.2) is 42.8 Å². The number of anilines is 1. The molecule has 0 radical (unpaired) electrons. The van der Waals surface area contributed by atoms with Crippen molar-refractivity contribution in [2.45, 2.75) is 0 Å². The van der Waals surface area contributed by atoms with E-state index >= 15 is 0 Å². The minimum Gasteiger partial charge on any atom is -0.495 e. The van der Waals surface area contributed by atoms with Crippen LogP contribution >= 0.6 is 0 Å². The smallest absolute Gasteiger partial charge is 0.181 e. The summed E-state index contributed by atoms with van der Waals surface area (Å²) < 4.78 is 0. The summed E-state index contributed by atoms with van der Waals surface area (Å²) in [6.45, 7) is 3.29. The highest BCUT2D eigenvalue weighted by Gasteiger charge is 1.87. The molecule has 0 bridgehead atoms. The van der Waals surface area contributed by atoms with Crippen LogP contribution in [0.5, 0.6) is 0 Å². The monoisotopic (exact) mass is 135 g/mol. The van der Waals surface area contributed by atoms with Crippen molar-refractivity contribution < 1.29 is 5.11 Å². The Morgan fingerprint density at radius 2 is 1.90 bits per heavy atom. The van der Waals surface area contributed by atoms with Crippen molar-refractivity contribution in [3.05, 3.63) is 42.8 Å². The lowest BCUT2D eigenvalue weighted by atomic mass is 10.3. The molecule has 0 aliphatic rings. The van der Waals surface area contributed by atoms with Gasteiger partial charge in [0, 0.05) is 5.69 Å². The molecular weight excluding hydrogens is 126 g/mol. The average molecular weight is 135 g/mol. The van der Waals surface area contributed by atoms with Crippen LogP contribution < -0.4 is 5.32 Å². The van der Waals surface area contributed by atoms with E-state index in [9.17, 15) is 0 Å². The number of aliphatic hydroxyl groups excluding tert-OH is 1. The van der Waals surface area contributed by atoms with E-state index in [4.69, 9.17) is 5.11 Å². The van der Waals surface area contributed by atoms with Gasteiger partial charge in [0.15, 0.2) is 5.88 Å². The zero-order valence-electron chi connectivity index (χ0n) is 5.54. The van der Waals surface area contributed by atoms with Gasteiger partial charge in [-0.1, -0.05) is 18.2 Å². The summed E-state index contributed by atoms with van der Waals surface area (Å²) >= 11 is 0. The Hall–Kier alpha value is -1.44. The largest absolute Gasteiger partial charge is 0.495 e. The Bertz CT molecular complexity index is 218. The molecule has 10 heavy (non-hydrogen) atoms. The molecular formula is C8H9NO. The zero-order valence-corrected chi connectivity index (χ0v) is 5.54. The van der Waals surface area contributed by atoms with Crippen LogP contribution in [0, 0.1) is 0 Å². The van der Waals surface area contributed by atoms with Crippen LogP contribution in [0.1, 0.15) is 0 Å². The molecule has 1 rings (SSSR count). The third kappa shape index (κ3) is 1.82. The van der Waals surface area contributed by atoms with Gasteiger partial charge in [-0.2, -0.15) is 0 Å². The highest BCUT2D eigenvalue weighted by molar-refractivity contribution is 5.45. The second-order valence-electron chi connectivity index (χ2n) is 1.94. The van der Waals surface area contributed by atoms with Gasteiger partial charge < -0.3 is 10.4 Å². The Balaban J connectivity index is 2.67. The molecule has 2 heteroatoms. The van der Waals surface area contributed by atoms with Gasteiger partial charge in [-0.05, 0) is 18.7 Å². The first-order valence-electron chi connectivity index (χ1n) is 2.99. The zero-order chi connectivity index (χ0) is 7.40. The lowest BCUT2D eigenvalue weighted by Gasteiger charge is -2.01. The second kappa shape index (κ2) is 2.92. The summed E-state index contributed by atoms with van der Waals surface area (Å²) in [4.78, 5) is 0. The first-order chi connectivity index (χ1) is 4.79. The van der Waals surface area contributed by atoms with E-state index in [1.165, 1.54) is 0 Å². The highest BCUT2D eigenvalue weighted by atomic mass is 16.3. The maximum Gasteiger partial charge on any atom is 0.181 e. The molecule has 0 unspecified atom stereocenters. The van der Waals surface area contributed by atoms with Crippen LogP contribution in [0.3, 0.4) is 0 Å². The van der Waals surface area contributed by atoms with Crippen molar-refractivity contribution in [3.8, 4) is 0 Å². The fraction of sp³-hybridized carbons (Fsp3) is 0. The molecule has 1 aromatic rings. The third-order valence-corrected chi connectivity index (χ3v) is 1.06. The molecule has 0 aromatic heterocycles. The molecule has 0 amide bonds. The van der Waals surface area contributed by atoms with Gasteiger partial charge >= 0.3 is 0 Å². The summed E-state index contributed by atoms with van der Waals surface area (Å²) in [6, 6.07) is 9.37. The van der Waals surface area contributed by atoms with Crippen molar-refractivity contribution >= 4 is 5.69 Å². The predicted octanol–water partition coefficient (Wildman–Crippen LogP) is 2.13. The van der Waals surface area contributed by atoms with Gasteiger partial charge in [0.25, 0.3) is 0 Å². The number of para-hydroxylation sites is 1. The quantitative estimate of drug-likeness (QED) is 0.609. The first kappa shape index (κ1) is 6.68. The molecule has 2 nitrogen and oxygen atoms in total. The topological polar surface area (TPSA) is 32.3 Å². The molecule has 52 valence electrons. The van der Waals surface area contributed by atoms with Crippen LogP contribution in [-0.4, -0.2) is 5.11 Å². The van der Waals surface area contributed by atoms with E-state index in [2.05, 4.69) is 11.9 Å². The van der Waals surface area contributed by atoms with Gasteiger partial charge in [-0.3, -0.25) is 0 Å². The Morgan fingerprint density at radius 1 is 1.30 bits per heavy atom. The van der Waals surface area contributed by atoms with Gasteiger partial charge in [0.05, 0.1) is 0 Å². The van der Waals surface area contributed by atoms with Crippen molar-refractivity contribution in [2.24, 2.45) is 0 Å². The van der Waals surface area contributed by atoms with Gasteiger partial charge in [-0.25, -0.2) is 0 Å². The van der Waals surface area contributed by atoms with Crippen LogP contribution in [0.2, 0.25) is 0 Å². The normalized spacial score (nSPS) is 8.80. The number of benzene rings is 1. The average Bonchev–Trinajstić information content (AvgIpc) is 1.88. The molecule has 0 aliphatic carbocycles. The van der Waals surface area contributed by atoms with Gasteiger partial charge in [0.1, 0.15) is 0 Å². The SMILES string of the molecule is C=C(O)Nc1ccccc1. The van der Waals surface area contributed by atoms with E-state index in [-0.39, 0.29) is 5.88 Å². The summed E-state index contributed by atoms with van der Waals surface area (Å²) in [5, 5.41) is 11.4. The van der Waals surface area contributed by atoms with E-state index in [0.717, 1.165) is 5.69 Å². The molecule has 0 fully saturated rings. The molecule has 0 aliphatic heterocycles. The number of nitrogens with one attached hydrogen (secondary N) is 1. The maximum absolute atomic E-state index is 8.70. The number of hydrogen-bond donors (Lipinski definition) is 2. The van der Waals surface area contributed by atoms with E-state index in [0.29, 0.717) is 0 Å². The maximum atomic E-state index is 8.70. The molecule has 1 aromatic carbocycles. The van der Waals surface area contributed by atoms with Crippen LogP contribution in [0.4, 0.5) is 5.69 Å². The second-order valence-corrected chi connectivity index (χ2v) is 1.94. The first-order valence-corrected chi connectivity index (χ1v) is 2.99. The Kier molecular flexibility index (Phi) is 1.95. The van der Waals surface area contributed by atoms with Gasteiger partial charge in [0.2, 0.25) is 0 Å². The minimum atomic E-state index is -0.0359. The number of rotatable bonds is 2. The molecule has 0 atom stereocenters. The minimum absolute atomic E-state index is 0.0359. The molecule has 0 saturated carbocycles. The van der Waals surface area contributed by atoms with Gasteiger partial charge in [-0.15, -0.1) is 0 Å². The number of hydrogen-bond acceptors (Lipinski definition) is 2. The van der Waals surface area contributed by atoms with E-state index in [1.54, 1.807) is 0 Å². The van der Waals surface area contributed by atoms with E-state index in [1.807, 2.05) is 30.3 Å². The lowest BCUT2D eigenvalue weighted by Crippen LogP contribution is -1.94. The summed E-state index contributed by atoms with van der Waals surface area (Å²) in [5.41, 5.74) is 0.843. The molecule has 0 heterocycles. The Morgan fingerprint density at radius 3 is 2.40 bits per heavy atom. The fourth-order valence-corrected chi connectivity index (χ4v) is 0.688. The molecule has 2 N–H and O–H groups in total. The molecule has 0 spiro atoms. The lowest BCUT2D eigenvalue weighted by molar-refractivity contribution is 0.422. The standard InChI is InChI=1S/C8H9NO/c1-7(10)9-8-5-3-2-4-6-8/h2-6,9-10H,1H2. The predicted molar refractivity (Wildman–Crippen MR) is 41.8 cm³/mol. The van der Waals surface area contributed by atoms with E-state index < -0.39 is 0 Å². The third-order valence-electron chi connectivity index (χ3n) is 1.06. The Labute approximate surface area is 59.8 Å². The summed E-state index contributed by atoms with van der Waals surface area (Å²) in [7, 11) is 0. The van der Waals surface area contributed by atoms with Crippen molar-refractivity contribution in [1.29, 1.82) is 0 Å². The number of aliphatic hydroxyl groups is 1. The fourth-order valence-electron chi connectivity index (χ4n) is 0.688. The van der Waals surface area contributed by atoms with Crippen molar-refractivity contribution in [3.63, 3.8) is 0 Å².